The lowest BCUT2D eigenvalue weighted by molar-refractivity contribution is 0.709. The van der Waals surface area contributed by atoms with Crippen LogP contribution in [0.3, 0.4) is 0 Å². The van der Waals surface area contributed by atoms with Gasteiger partial charge in [0, 0.05) is 11.8 Å². The van der Waals surface area contributed by atoms with Crippen molar-refractivity contribution in [1.29, 1.82) is 0 Å². The van der Waals surface area contributed by atoms with Crippen molar-refractivity contribution in [3.63, 3.8) is 0 Å². The molecule has 0 aliphatic rings. The second kappa shape index (κ2) is 8.38. The predicted molar refractivity (Wildman–Crippen MR) is 112 cm³/mol. The maximum Gasteiger partial charge on any atom is 0.143 e. The Hall–Kier alpha value is -3.31. The Balaban J connectivity index is 1.49. The molecule has 3 aromatic carbocycles. The minimum absolute atomic E-state index is 0.761. The van der Waals surface area contributed by atoms with Crippen LogP contribution in [0.15, 0.2) is 84.9 Å². The quantitative estimate of drug-likeness (QED) is 0.345. The van der Waals surface area contributed by atoms with E-state index in [-0.39, 0.29) is 0 Å². The summed E-state index contributed by atoms with van der Waals surface area (Å²) >= 11 is 0. The number of para-hydroxylation sites is 1. The van der Waals surface area contributed by atoms with Gasteiger partial charge in [-0.15, -0.1) is 0 Å². The predicted octanol–water partition coefficient (Wildman–Crippen LogP) is 5.46. The zero-order chi connectivity index (χ0) is 18.3. The van der Waals surface area contributed by atoms with Gasteiger partial charge in [-0.25, -0.2) is 0 Å². The summed E-state index contributed by atoms with van der Waals surface area (Å²) in [5, 5.41) is 5.91. The van der Waals surface area contributed by atoms with Crippen LogP contribution in [0.2, 0.25) is 0 Å². The number of benzene rings is 3. The molecule has 0 aliphatic carbocycles. The fraction of sp³-hybridized carbons (Fsp3) is 0.160. The van der Waals surface area contributed by atoms with E-state index in [1.807, 2.05) is 6.07 Å². The fourth-order valence-corrected chi connectivity index (χ4v) is 3.27. The molecular weight excluding hydrogens is 328 g/mol. The van der Waals surface area contributed by atoms with Crippen LogP contribution in [0.1, 0.15) is 29.7 Å². The maximum absolute atomic E-state index is 4.78. The SMILES string of the molecule is C(#Cc1nn(Cc2ccccc2)c2ccccc12)CCCc1ccccc1. The monoisotopic (exact) mass is 350 g/mol. The number of hydrogen-bond acceptors (Lipinski definition) is 1. The van der Waals surface area contributed by atoms with Crippen molar-refractivity contribution in [3.05, 3.63) is 102 Å². The summed E-state index contributed by atoms with van der Waals surface area (Å²) in [6.45, 7) is 0.761. The summed E-state index contributed by atoms with van der Waals surface area (Å²) in [5.74, 6) is 6.61. The van der Waals surface area contributed by atoms with Gasteiger partial charge in [0.25, 0.3) is 0 Å². The Kier molecular flexibility index (Phi) is 5.31. The highest BCUT2D eigenvalue weighted by Crippen LogP contribution is 2.19. The Labute approximate surface area is 160 Å². The first-order chi connectivity index (χ1) is 13.4. The van der Waals surface area contributed by atoms with Gasteiger partial charge in [-0.2, -0.15) is 5.10 Å². The average molecular weight is 350 g/mol. The third-order valence-corrected chi connectivity index (χ3v) is 4.65. The van der Waals surface area contributed by atoms with Crippen LogP contribution in [-0.2, 0) is 13.0 Å². The normalized spacial score (nSPS) is 10.5. The van der Waals surface area contributed by atoms with Crippen molar-refractivity contribution in [3.8, 4) is 11.8 Å². The molecule has 4 aromatic rings. The van der Waals surface area contributed by atoms with Crippen LogP contribution in [-0.4, -0.2) is 9.78 Å². The zero-order valence-electron chi connectivity index (χ0n) is 15.3. The summed E-state index contributed by atoms with van der Waals surface area (Å²) in [4.78, 5) is 0. The Morgan fingerprint density at radius 1 is 0.741 bits per heavy atom. The lowest BCUT2D eigenvalue weighted by Crippen LogP contribution is -2.01. The van der Waals surface area contributed by atoms with E-state index < -0.39 is 0 Å². The van der Waals surface area contributed by atoms with Crippen LogP contribution in [0.5, 0.6) is 0 Å². The lowest BCUT2D eigenvalue weighted by Gasteiger charge is -2.03. The highest BCUT2D eigenvalue weighted by Gasteiger charge is 2.08. The third kappa shape index (κ3) is 4.27. The summed E-state index contributed by atoms with van der Waals surface area (Å²) in [5.41, 5.74) is 4.63. The molecule has 0 radical (unpaired) electrons. The number of nitrogens with zero attached hydrogens (tertiary/aromatic N) is 2. The third-order valence-electron chi connectivity index (χ3n) is 4.65. The van der Waals surface area contributed by atoms with Gasteiger partial charge in [-0.05, 0) is 42.0 Å². The number of hydrogen-bond donors (Lipinski definition) is 0. The molecule has 0 unspecified atom stereocenters. The lowest BCUT2D eigenvalue weighted by atomic mass is 10.1. The van der Waals surface area contributed by atoms with E-state index >= 15 is 0 Å². The molecule has 0 amide bonds. The van der Waals surface area contributed by atoms with Crippen molar-refractivity contribution in [2.75, 3.05) is 0 Å². The van der Waals surface area contributed by atoms with E-state index in [4.69, 9.17) is 5.10 Å². The minimum Gasteiger partial charge on any atom is -0.259 e. The largest absolute Gasteiger partial charge is 0.259 e. The van der Waals surface area contributed by atoms with Gasteiger partial charge in [-0.1, -0.05) is 78.7 Å². The summed E-state index contributed by atoms with van der Waals surface area (Å²) in [6.07, 6.45) is 3.02. The topological polar surface area (TPSA) is 17.8 Å². The second-order valence-electron chi connectivity index (χ2n) is 6.65. The zero-order valence-corrected chi connectivity index (χ0v) is 15.3. The first kappa shape index (κ1) is 17.1. The molecule has 132 valence electrons. The summed E-state index contributed by atoms with van der Waals surface area (Å²) < 4.78 is 2.05. The molecule has 4 rings (SSSR count). The van der Waals surface area contributed by atoms with Gasteiger partial charge in [-0.3, -0.25) is 4.68 Å². The highest BCUT2D eigenvalue weighted by molar-refractivity contribution is 5.84. The van der Waals surface area contributed by atoms with Gasteiger partial charge < -0.3 is 0 Å². The molecule has 1 aromatic heterocycles. The van der Waals surface area contributed by atoms with Crippen LogP contribution in [0.25, 0.3) is 10.9 Å². The average Bonchev–Trinajstić information content (AvgIpc) is 3.07. The van der Waals surface area contributed by atoms with E-state index in [1.165, 1.54) is 11.1 Å². The van der Waals surface area contributed by atoms with Gasteiger partial charge in [0.1, 0.15) is 5.69 Å². The molecule has 0 N–H and O–H groups in total. The van der Waals surface area contributed by atoms with Crippen molar-refractivity contribution in [2.45, 2.75) is 25.8 Å². The van der Waals surface area contributed by atoms with E-state index in [1.54, 1.807) is 0 Å². The molecule has 1 heterocycles. The molecule has 0 aliphatic heterocycles. The molecule has 0 saturated heterocycles. The van der Waals surface area contributed by atoms with E-state index in [2.05, 4.69) is 95.4 Å². The molecule has 0 spiro atoms. The van der Waals surface area contributed by atoms with Crippen LogP contribution in [0.4, 0.5) is 0 Å². The molecule has 2 nitrogen and oxygen atoms in total. The van der Waals surface area contributed by atoms with E-state index in [9.17, 15) is 0 Å². The van der Waals surface area contributed by atoms with Crippen LogP contribution < -0.4 is 0 Å². The van der Waals surface area contributed by atoms with E-state index in [0.717, 1.165) is 42.4 Å². The molecule has 27 heavy (non-hydrogen) atoms. The Bertz CT molecular complexity index is 1070. The van der Waals surface area contributed by atoms with Gasteiger partial charge in [0.15, 0.2) is 0 Å². The van der Waals surface area contributed by atoms with Crippen molar-refractivity contribution >= 4 is 10.9 Å². The van der Waals surface area contributed by atoms with Crippen LogP contribution in [0, 0.1) is 11.8 Å². The first-order valence-corrected chi connectivity index (χ1v) is 9.42. The van der Waals surface area contributed by atoms with Gasteiger partial charge in [0.05, 0.1) is 12.1 Å². The fourth-order valence-electron chi connectivity index (χ4n) is 3.27. The number of unbranched alkanes of at least 4 members (excludes halogenated alkanes) is 1. The van der Waals surface area contributed by atoms with Crippen molar-refractivity contribution < 1.29 is 0 Å². The molecule has 0 saturated carbocycles. The standard InChI is InChI=1S/C25H22N2/c1-4-12-21(13-5-1)14-6-3-9-18-24-23-17-10-11-19-25(23)27(26-24)20-22-15-7-2-8-16-22/h1-2,4-5,7-8,10-13,15-17,19H,3,6,14,20H2. The Morgan fingerprint density at radius 2 is 1.41 bits per heavy atom. The van der Waals surface area contributed by atoms with Crippen molar-refractivity contribution in [1.82, 2.24) is 9.78 Å². The number of fused-ring (bicyclic) bond motifs is 1. The second-order valence-corrected chi connectivity index (χ2v) is 6.65. The first-order valence-electron chi connectivity index (χ1n) is 9.42. The summed E-state index contributed by atoms with van der Waals surface area (Å²) in [6, 6.07) is 29.3. The number of aryl methyl sites for hydroxylation is 1. The van der Waals surface area contributed by atoms with E-state index in [0.29, 0.717) is 0 Å². The van der Waals surface area contributed by atoms with Crippen LogP contribution >= 0.6 is 0 Å². The highest BCUT2D eigenvalue weighted by atomic mass is 15.3. The summed E-state index contributed by atoms with van der Waals surface area (Å²) in [7, 11) is 0. The Morgan fingerprint density at radius 3 is 2.19 bits per heavy atom. The molecule has 0 atom stereocenters. The molecule has 0 bridgehead atoms. The van der Waals surface area contributed by atoms with Gasteiger partial charge >= 0.3 is 0 Å². The van der Waals surface area contributed by atoms with Crippen molar-refractivity contribution in [2.24, 2.45) is 0 Å². The molecule has 2 heteroatoms. The molecule has 0 fully saturated rings. The smallest absolute Gasteiger partial charge is 0.143 e. The van der Waals surface area contributed by atoms with Gasteiger partial charge in [0.2, 0.25) is 0 Å². The minimum atomic E-state index is 0.761. The number of rotatable bonds is 5. The maximum atomic E-state index is 4.78. The molecular formula is C25H22N2. The number of aromatic nitrogens is 2.